The summed E-state index contributed by atoms with van der Waals surface area (Å²) < 4.78 is 50.9. The molecule has 0 fully saturated rings. The Hall–Kier alpha value is -19.5. The number of halogens is 3. The van der Waals surface area contributed by atoms with E-state index in [1.54, 1.807) is 4.90 Å². The van der Waals surface area contributed by atoms with Crippen molar-refractivity contribution >= 4 is 214 Å². The van der Waals surface area contributed by atoms with Crippen LogP contribution in [0.25, 0.3) is 213 Å². The molecule has 147 heavy (non-hydrogen) atoms. The molecule has 5 aromatic heterocycles. The zero-order valence-electron chi connectivity index (χ0n) is 79.3. The molecule has 0 saturated carbocycles. The molecule has 25 aromatic carbocycles. The Morgan fingerprint density at radius 1 is 0.184 bits per heavy atom. The first-order valence-corrected chi connectivity index (χ1v) is 49.6. The van der Waals surface area contributed by atoms with Crippen LogP contribution in [0.2, 0.25) is 0 Å². The summed E-state index contributed by atoms with van der Waals surface area (Å²) in [4.78, 5) is 15.3. The summed E-state index contributed by atoms with van der Waals surface area (Å²) in [5, 5.41) is 30.1. The summed E-state index contributed by atoms with van der Waals surface area (Å²) in [6.45, 7) is 0. The highest BCUT2D eigenvalue weighted by molar-refractivity contribution is 6.36. The van der Waals surface area contributed by atoms with Gasteiger partial charge in [-0.1, -0.05) is 322 Å². The second-order valence-electron chi connectivity index (χ2n) is 37.7. The molecule has 30 aromatic rings. The number of rotatable bonds is 15. The number of fused-ring (bicyclic) bond motifs is 12. The van der Waals surface area contributed by atoms with Gasteiger partial charge >= 0.3 is 0 Å². The molecule has 0 bridgehead atoms. The lowest BCUT2D eigenvalue weighted by Gasteiger charge is -2.26. The van der Waals surface area contributed by atoms with E-state index in [1.165, 1.54) is 191 Å². The van der Waals surface area contributed by atoms with Crippen molar-refractivity contribution in [3.8, 4) is 50.4 Å². The minimum absolute atomic E-state index is 0.0742. The van der Waals surface area contributed by atoms with Gasteiger partial charge in [-0.2, -0.15) is 0 Å². The zero-order chi connectivity index (χ0) is 97.4. The molecule has 690 valence electrons. The molecule has 0 atom stereocenters. The Balaban J connectivity index is 0.000000107. The van der Waals surface area contributed by atoms with Gasteiger partial charge in [0.25, 0.3) is 0 Å². The van der Waals surface area contributed by atoms with Crippen molar-refractivity contribution in [2.75, 3.05) is 14.7 Å². The summed E-state index contributed by atoms with van der Waals surface area (Å²) in [7, 11) is 0. The molecular formula is C136H85F3N8. The fourth-order valence-electron chi connectivity index (χ4n) is 23.3. The van der Waals surface area contributed by atoms with E-state index in [0.29, 0.717) is 11.4 Å². The van der Waals surface area contributed by atoms with Crippen LogP contribution < -0.4 is 14.7 Å². The summed E-state index contributed by atoms with van der Waals surface area (Å²) in [5.74, 6) is -2.32. The fraction of sp³-hybridized carbons (Fsp3) is 0. The van der Waals surface area contributed by atoms with E-state index in [1.807, 2.05) is 109 Å². The van der Waals surface area contributed by atoms with E-state index in [4.69, 9.17) is 0 Å². The maximum Gasteiger partial charge on any atom is 0.196 e. The number of hydrogen-bond acceptors (Lipinski definition) is 5. The minimum Gasteiger partial charge on any atom is -0.311 e. The number of nitrogens with zero attached hydrogens (tertiary/aromatic N) is 8. The number of para-hydroxylation sites is 9. The van der Waals surface area contributed by atoms with Crippen molar-refractivity contribution in [2.45, 2.75) is 0 Å². The van der Waals surface area contributed by atoms with Crippen LogP contribution >= 0.6 is 0 Å². The SMILES string of the molecule is Fc1ccc(N(c2ccccc2)c2ccc(-c3ccc4ccc5c6c(ccc3c46)cc3c4ccccc4n(-c4ccccc4)c35)cc2)c(F)c1F.c1ccc(-n2c3ccccc3c3cc4ccc5c(-c6ccc(N(c7ccccn7)c7ccccn7)cc6)ccc6ccc(c4c65)c32)cc1.c1ccc(N(c2ccccc2)c2ccc(-c3ccc4ccc5c6c(ccc3c46)cc3c4ccccc4n(-c4ccccc4)c35)cc2)cc1. The summed E-state index contributed by atoms with van der Waals surface area (Å²) >= 11 is 0. The number of pyridine rings is 2. The first-order chi connectivity index (χ1) is 72.7. The highest BCUT2D eigenvalue weighted by Crippen LogP contribution is 2.52. The predicted molar refractivity (Wildman–Crippen MR) is 609 cm³/mol. The number of aromatic nitrogens is 5. The lowest BCUT2D eigenvalue weighted by molar-refractivity contribution is 0.448. The third kappa shape index (κ3) is 14.1. The molecule has 0 radical (unpaired) electrons. The second-order valence-corrected chi connectivity index (χ2v) is 37.7. The molecule has 0 aliphatic carbocycles. The van der Waals surface area contributed by atoms with E-state index in [-0.39, 0.29) is 5.69 Å². The second kappa shape index (κ2) is 35.0. The zero-order valence-corrected chi connectivity index (χ0v) is 79.3. The number of hydrogen-bond donors (Lipinski definition) is 0. The van der Waals surface area contributed by atoms with Crippen LogP contribution in [0.15, 0.2) is 516 Å². The maximum atomic E-state index is 15.2. The largest absolute Gasteiger partial charge is 0.311 e. The van der Waals surface area contributed by atoms with Gasteiger partial charge in [0.15, 0.2) is 17.5 Å². The Bertz CT molecular complexity index is 9840. The average molecular weight is 1890 g/mol. The topological polar surface area (TPSA) is 50.3 Å². The van der Waals surface area contributed by atoms with Crippen LogP contribution in [-0.2, 0) is 0 Å². The van der Waals surface area contributed by atoms with Crippen LogP contribution in [0.4, 0.5) is 64.6 Å². The molecule has 0 amide bonds. The number of anilines is 9. The van der Waals surface area contributed by atoms with E-state index in [0.717, 1.165) is 68.0 Å². The molecule has 5 heterocycles. The van der Waals surface area contributed by atoms with Crippen LogP contribution in [0.1, 0.15) is 0 Å². The Morgan fingerprint density at radius 2 is 0.456 bits per heavy atom. The van der Waals surface area contributed by atoms with E-state index in [9.17, 15) is 8.78 Å². The lowest BCUT2D eigenvalue weighted by atomic mass is 9.89. The molecule has 0 unspecified atom stereocenters. The lowest BCUT2D eigenvalue weighted by Crippen LogP contribution is -2.13. The van der Waals surface area contributed by atoms with Crippen molar-refractivity contribution < 1.29 is 13.2 Å². The quantitative estimate of drug-likeness (QED) is 0.0756. The molecule has 0 saturated heterocycles. The van der Waals surface area contributed by atoms with E-state index < -0.39 is 17.5 Å². The van der Waals surface area contributed by atoms with Gasteiger partial charge in [0, 0.05) is 112 Å². The van der Waals surface area contributed by atoms with Crippen molar-refractivity contribution in [3.63, 3.8) is 0 Å². The van der Waals surface area contributed by atoms with Crippen molar-refractivity contribution in [1.29, 1.82) is 0 Å². The monoisotopic (exact) mass is 1890 g/mol. The normalized spacial score (nSPS) is 11.8. The summed E-state index contributed by atoms with van der Waals surface area (Å²) in [5.41, 5.74) is 23.3. The molecule has 30 rings (SSSR count). The average Bonchev–Trinajstić information content (AvgIpc) is 1.59. The molecular weight excluding hydrogens is 1800 g/mol. The minimum atomic E-state index is -1.50. The van der Waals surface area contributed by atoms with Gasteiger partial charge in [0.05, 0.1) is 38.8 Å². The van der Waals surface area contributed by atoms with E-state index >= 15 is 4.39 Å². The summed E-state index contributed by atoms with van der Waals surface area (Å²) in [6, 6.07) is 176. The Kier molecular flexibility index (Phi) is 20.4. The van der Waals surface area contributed by atoms with Crippen LogP contribution in [0.3, 0.4) is 0 Å². The van der Waals surface area contributed by atoms with Gasteiger partial charge in [-0.15, -0.1) is 0 Å². The third-order valence-electron chi connectivity index (χ3n) is 29.6. The van der Waals surface area contributed by atoms with Gasteiger partial charge in [0.2, 0.25) is 0 Å². The van der Waals surface area contributed by atoms with E-state index in [2.05, 4.69) is 428 Å². The highest BCUT2D eigenvalue weighted by atomic mass is 19.2. The first-order valence-electron chi connectivity index (χ1n) is 49.6. The molecule has 0 aliphatic heterocycles. The van der Waals surface area contributed by atoms with Gasteiger partial charge in [-0.05, 0) is 296 Å². The maximum absolute atomic E-state index is 15.2. The first kappa shape index (κ1) is 85.5. The van der Waals surface area contributed by atoms with Crippen LogP contribution in [-0.4, -0.2) is 23.7 Å². The van der Waals surface area contributed by atoms with Gasteiger partial charge < -0.3 is 23.5 Å². The fourth-order valence-corrected chi connectivity index (χ4v) is 23.3. The summed E-state index contributed by atoms with van der Waals surface area (Å²) in [6.07, 6.45) is 3.63. The molecule has 11 heteroatoms. The van der Waals surface area contributed by atoms with Crippen molar-refractivity contribution in [1.82, 2.24) is 23.7 Å². The molecule has 0 N–H and O–H groups in total. The van der Waals surface area contributed by atoms with Gasteiger partial charge in [-0.25, -0.2) is 23.1 Å². The smallest absolute Gasteiger partial charge is 0.196 e. The van der Waals surface area contributed by atoms with Crippen molar-refractivity contribution in [3.05, 3.63) is 533 Å². The predicted octanol–water partition coefficient (Wildman–Crippen LogP) is 37.7. The van der Waals surface area contributed by atoms with Crippen molar-refractivity contribution in [2.24, 2.45) is 0 Å². The standard InChI is InChI=1S/C46H27F3N2.C46H30N2.C44H28N4/c47-39-25-26-41(45(49)44(39)48)50(31-9-3-1-4-10-31)33-20-15-28(16-21-33)34-22-17-29-18-24-37-43-30(19-23-36(34)42(29)43)27-38-35-13-7-8-14-40(35)51(46(37)38)32-11-5-2-6-12-32;1-4-12-34(13-5-1)47(35-14-6-2-7-15-35)37-25-20-31(21-26-37)38-27-22-32-23-29-41-45-33(24-28-40(38)44(32)45)30-42-39-18-10-11-19-43(39)48(46(41)42)36-16-8-3-9-17-36;1-2-10-32(11-3-1)47-39-13-5-4-12-35(39)38-28-31-20-24-36-34(23-18-30-19-25-37(44(38)47)43(31)42(30)36)29-16-21-33(22-17-29)48(40-14-6-8-26-45-40)41-15-7-9-27-46-41/h1-27H;1-30H;1-28H. The third-order valence-corrected chi connectivity index (χ3v) is 29.6. The van der Waals surface area contributed by atoms with Gasteiger partial charge in [0.1, 0.15) is 11.6 Å². The number of benzene rings is 25. The Labute approximate surface area is 843 Å². The Morgan fingerprint density at radius 3 is 0.796 bits per heavy atom. The highest BCUT2D eigenvalue weighted by Gasteiger charge is 2.29. The van der Waals surface area contributed by atoms with Crippen LogP contribution in [0.5, 0.6) is 0 Å². The molecule has 8 nitrogen and oxygen atoms in total. The van der Waals surface area contributed by atoms with Crippen LogP contribution in [0, 0.1) is 17.5 Å². The molecule has 0 spiro atoms. The molecule has 0 aliphatic rings. The van der Waals surface area contributed by atoms with Gasteiger partial charge in [-0.3, -0.25) is 4.90 Å².